The number of carbonyl (C=O) groups is 3. The summed E-state index contributed by atoms with van der Waals surface area (Å²) in [5.41, 5.74) is 7.34. The molecule has 3 fully saturated rings. The fraction of sp³-hybridized carbons (Fsp3) is 0.500. The highest BCUT2D eigenvalue weighted by Crippen LogP contribution is 2.47. The van der Waals surface area contributed by atoms with E-state index in [1.165, 1.54) is 18.9 Å². The number of nitrogens with zero attached hydrogens (tertiary/aromatic N) is 4. The van der Waals surface area contributed by atoms with Crippen molar-refractivity contribution in [1.82, 2.24) is 14.7 Å². The Morgan fingerprint density at radius 2 is 1.90 bits per heavy atom. The van der Waals surface area contributed by atoms with Crippen molar-refractivity contribution in [3.8, 4) is 5.75 Å². The van der Waals surface area contributed by atoms with Gasteiger partial charge in [0.05, 0.1) is 50.4 Å². The molecular weight excluding hydrogens is 771 g/mol. The monoisotopic (exact) mass is 810 g/mol. The number of ether oxygens (including phenoxy) is 2. The summed E-state index contributed by atoms with van der Waals surface area (Å²) in [6.45, 7) is 0.797. The van der Waals surface area contributed by atoms with Gasteiger partial charge in [-0.1, -0.05) is 23.4 Å². The number of aromatic nitrogens is 2. The number of nitrogen functional groups attached to an aromatic ring is 1. The van der Waals surface area contributed by atoms with Gasteiger partial charge in [0.1, 0.15) is 25.5 Å². The van der Waals surface area contributed by atoms with Gasteiger partial charge in [-0.05, 0) is 29.3 Å². The maximum absolute atomic E-state index is 13.7. The van der Waals surface area contributed by atoms with Crippen LogP contribution in [0.2, 0.25) is 0 Å². The third-order valence-electron chi connectivity index (χ3n) is 9.85. The number of hydrogen-bond acceptors (Lipinski definition) is 13. The molecule has 2 bridgehead atoms. The number of hydrogen-bond donors (Lipinski definition) is 3. The van der Waals surface area contributed by atoms with Crippen molar-refractivity contribution >= 4 is 51.8 Å². The smallest absolute Gasteiger partial charge is 0.335 e. The summed E-state index contributed by atoms with van der Waals surface area (Å²) < 4.78 is 15.9. The molecule has 16 heteroatoms. The second-order valence-electron chi connectivity index (χ2n) is 12.5. The van der Waals surface area contributed by atoms with Crippen LogP contribution in [0.3, 0.4) is 0 Å². The molecule has 13 nitrogen and oxygen atoms in total. The third kappa shape index (κ3) is 7.13. The number of piperidine rings is 1. The Morgan fingerprint density at radius 1 is 1.19 bits per heavy atom. The topological polar surface area (TPSA) is 175 Å². The van der Waals surface area contributed by atoms with Crippen LogP contribution in [0.4, 0.5) is 5.13 Å². The Balaban J connectivity index is 0.00000451. The first kappa shape index (κ1) is 36.2. The minimum absolute atomic E-state index is 0. The first-order valence-corrected chi connectivity index (χ1v) is 17.3. The molecule has 1 amide bonds. The second-order valence-corrected chi connectivity index (χ2v) is 14.4. The summed E-state index contributed by atoms with van der Waals surface area (Å²) in [7, 11) is 5.12. The molecular formula is C32H39IN6O7S2. The molecule has 1 aliphatic carbocycles. The number of likely N-dealkylation sites (N-methyl/N-ethyl adjacent to an activating group) is 1. The number of quaternary nitrogens is 1. The van der Waals surface area contributed by atoms with Crippen LogP contribution in [0, 0.1) is 5.92 Å². The minimum Gasteiger partial charge on any atom is -1.00 e. The molecule has 1 aromatic heterocycles. The van der Waals surface area contributed by atoms with Crippen molar-refractivity contribution in [3.63, 3.8) is 0 Å². The number of nitrogens with two attached hydrogens (primary N) is 1. The average Bonchev–Trinajstić information content (AvgIpc) is 3.54. The van der Waals surface area contributed by atoms with Gasteiger partial charge in [-0.3, -0.25) is 9.59 Å². The summed E-state index contributed by atoms with van der Waals surface area (Å²) in [6, 6.07) is 7.17. The Labute approximate surface area is 304 Å². The number of carbonyl (C=O) groups excluding carboxylic acids is 3. The van der Waals surface area contributed by atoms with Crippen molar-refractivity contribution in [3.05, 3.63) is 59.0 Å². The van der Waals surface area contributed by atoms with E-state index >= 15 is 0 Å². The predicted octanol–water partition coefficient (Wildman–Crippen LogP) is -0.989. The van der Waals surface area contributed by atoms with E-state index in [9.17, 15) is 19.5 Å². The van der Waals surface area contributed by atoms with Crippen LogP contribution in [0.5, 0.6) is 5.75 Å². The number of methoxy groups -OCH3 is 1. The normalized spacial score (nSPS) is 29.5. The maximum atomic E-state index is 13.7. The molecule has 2 aromatic rings. The summed E-state index contributed by atoms with van der Waals surface area (Å²) in [6.07, 6.45) is 7.62. The summed E-state index contributed by atoms with van der Waals surface area (Å²) in [5, 5.41) is 16.6. The van der Waals surface area contributed by atoms with E-state index in [1.807, 2.05) is 18.2 Å². The molecule has 0 spiro atoms. The lowest BCUT2D eigenvalue weighted by Crippen LogP contribution is -3.00. The van der Waals surface area contributed by atoms with Crippen molar-refractivity contribution in [1.29, 1.82) is 0 Å². The van der Waals surface area contributed by atoms with Gasteiger partial charge in [0.2, 0.25) is 11.5 Å². The van der Waals surface area contributed by atoms with E-state index in [-0.39, 0.29) is 64.4 Å². The van der Waals surface area contributed by atoms with Crippen LogP contribution in [0.25, 0.3) is 0 Å². The van der Waals surface area contributed by atoms with Gasteiger partial charge in [0.25, 0.3) is 5.91 Å². The Bertz CT molecular complexity index is 1620. The number of thioether (sulfide) groups is 1. The molecule has 3 aliphatic heterocycles. The Hall–Kier alpha value is -3.06. The van der Waals surface area contributed by atoms with Crippen LogP contribution < -0.4 is 39.8 Å². The number of aliphatic hydroxyl groups excluding tert-OH is 1. The lowest BCUT2D eigenvalue weighted by atomic mass is 9.71. The quantitative estimate of drug-likeness (QED) is 0.0837. The molecule has 258 valence electrons. The molecule has 1 aromatic carbocycles. The van der Waals surface area contributed by atoms with Gasteiger partial charge in [-0.2, -0.15) is 21.1 Å². The molecule has 4 aliphatic rings. The van der Waals surface area contributed by atoms with Crippen LogP contribution >= 0.6 is 23.3 Å². The molecule has 48 heavy (non-hydrogen) atoms. The van der Waals surface area contributed by atoms with Gasteiger partial charge in [-0.25, -0.2) is 4.79 Å². The number of benzene rings is 1. The summed E-state index contributed by atoms with van der Waals surface area (Å²) >= 11 is 2.42. The molecule has 2 saturated heterocycles. The maximum Gasteiger partial charge on any atom is 0.335 e. The second kappa shape index (κ2) is 15.2. The zero-order valence-electron chi connectivity index (χ0n) is 26.8. The van der Waals surface area contributed by atoms with Gasteiger partial charge < -0.3 is 58.9 Å². The highest BCUT2D eigenvalue weighted by atomic mass is 127. The Morgan fingerprint density at radius 3 is 2.52 bits per heavy atom. The number of nitrogens with one attached hydrogen (secondary N) is 1. The zero-order chi connectivity index (χ0) is 33.3. The number of oxime groups is 1. The number of ketones is 1. The summed E-state index contributed by atoms with van der Waals surface area (Å²) in [5.74, 6) is -1.13. The van der Waals surface area contributed by atoms with Gasteiger partial charge in [-0.15, -0.1) is 0 Å². The van der Waals surface area contributed by atoms with Crippen LogP contribution in [0.15, 0.2) is 52.7 Å². The predicted molar refractivity (Wildman–Crippen MR) is 177 cm³/mol. The largest absolute Gasteiger partial charge is 1.00 e. The molecule has 4 N–H and O–H groups in total. The number of allylic oxidation sites excluding steroid dienone is 1. The van der Waals surface area contributed by atoms with Crippen LogP contribution in [-0.2, 0) is 30.6 Å². The lowest BCUT2D eigenvalue weighted by molar-refractivity contribution is -0.944. The fourth-order valence-corrected chi connectivity index (χ4v) is 9.22. The van der Waals surface area contributed by atoms with Crippen molar-refractivity contribution in [2.45, 2.75) is 61.8 Å². The van der Waals surface area contributed by atoms with Crippen LogP contribution in [-0.4, -0.2) is 105 Å². The van der Waals surface area contributed by atoms with Crippen LogP contribution in [0.1, 0.15) is 37.1 Å². The zero-order valence-corrected chi connectivity index (χ0v) is 30.6. The number of esters is 1. The highest BCUT2D eigenvalue weighted by molar-refractivity contribution is 8.00. The number of Topliss-reactive ketones (excluding diaryl/α,β-unsaturated/α-hetero) is 1. The molecule has 1 saturated carbocycles. The van der Waals surface area contributed by atoms with E-state index in [4.69, 9.17) is 20.0 Å². The van der Waals surface area contributed by atoms with Crippen molar-refractivity contribution in [2.24, 2.45) is 11.1 Å². The molecule has 4 heterocycles. The number of halogens is 1. The van der Waals surface area contributed by atoms with Gasteiger partial charge in [0.15, 0.2) is 10.9 Å². The SMILES string of the molecule is CO/N=C(\C(=O)N[C@@H]1C(=O)C2C(C(=O)OCc3ccc(OC)cc3)=C(/C=C/C[N+]3(C)[C@@H]4CC[C@H]3CC(O)C4)CS[C@@H]21)c1nsc(N)n1.[I-]. The van der Waals surface area contributed by atoms with Crippen molar-refractivity contribution in [2.75, 3.05) is 39.3 Å². The van der Waals surface area contributed by atoms with Gasteiger partial charge >= 0.3 is 5.97 Å². The molecule has 3 unspecified atom stereocenters. The van der Waals surface area contributed by atoms with E-state index in [2.05, 4.69) is 33.0 Å². The van der Waals surface area contributed by atoms with E-state index in [0.717, 1.165) is 59.4 Å². The minimum atomic E-state index is -0.856. The first-order valence-electron chi connectivity index (χ1n) is 15.5. The highest BCUT2D eigenvalue weighted by Gasteiger charge is 2.57. The molecule has 6 rings (SSSR count). The summed E-state index contributed by atoms with van der Waals surface area (Å²) in [4.78, 5) is 49.5. The van der Waals surface area contributed by atoms with E-state index in [1.54, 1.807) is 19.2 Å². The van der Waals surface area contributed by atoms with E-state index < -0.39 is 23.8 Å². The van der Waals surface area contributed by atoms with E-state index in [0.29, 0.717) is 29.2 Å². The number of rotatable bonds is 11. The number of fused-ring (bicyclic) bond motifs is 3. The average molecular weight is 811 g/mol. The first-order chi connectivity index (χ1) is 22.6. The van der Waals surface area contributed by atoms with Crippen molar-refractivity contribution < 1.29 is 62.3 Å². The standard InChI is InChI=1S/C32H38N6O7S2.HI/c1-38(19-8-9-20(38)14-21(39)13-19)12-4-5-18-16-46-28-24(23(18)31(42)45-15-17-6-10-22(43-2)11-7-17)27(40)25(28)34-30(41)26(36-44-3)29-35-32(33)47-37-29;/h4-7,10-11,19-21,24-25,28,39H,8-9,12-16H2,1-3H3,(H2-,33,34,35,37,41);1H/b5-4+,36-26-;/t19-,20+,21?,24?,25-,28+,38?;/m1./s1. The number of amides is 1. The van der Waals surface area contributed by atoms with Gasteiger partial charge in [0, 0.05) is 48.2 Å². The number of aliphatic hydroxyl groups is 1. The molecule has 0 radical (unpaired) electrons. The molecule has 7 atom stereocenters. The fourth-order valence-electron chi connectivity index (χ4n) is 7.30. The Kier molecular flexibility index (Phi) is 11.5. The lowest BCUT2D eigenvalue weighted by Gasteiger charge is -2.46. The third-order valence-corrected chi connectivity index (χ3v) is 11.8. The number of anilines is 1.